The summed E-state index contributed by atoms with van der Waals surface area (Å²) in [5.74, 6) is -0.831. The van der Waals surface area contributed by atoms with E-state index in [0.717, 1.165) is 19.3 Å². The Morgan fingerprint density at radius 3 is 2.24 bits per heavy atom. The largest absolute Gasteiger partial charge is 0.481 e. The quantitative estimate of drug-likeness (QED) is 0.819. The van der Waals surface area contributed by atoms with E-state index in [1.807, 2.05) is 20.8 Å². The molecule has 2 amide bonds. The minimum atomic E-state index is -0.818. The average molecular weight is 354 g/mol. The molecule has 142 valence electrons. The summed E-state index contributed by atoms with van der Waals surface area (Å²) >= 11 is 0. The van der Waals surface area contributed by atoms with Crippen LogP contribution in [0.25, 0.3) is 0 Å². The third-order valence-corrected chi connectivity index (χ3v) is 4.92. The number of amides is 2. The average Bonchev–Trinajstić information content (AvgIpc) is 3.26. The Kier molecular flexibility index (Phi) is 5.95. The maximum absolute atomic E-state index is 12.1. The van der Waals surface area contributed by atoms with Crippen molar-refractivity contribution >= 4 is 18.0 Å². The van der Waals surface area contributed by atoms with Crippen LogP contribution in [0.3, 0.4) is 0 Å². The lowest BCUT2D eigenvalue weighted by atomic mass is 9.93. The van der Waals surface area contributed by atoms with E-state index in [9.17, 15) is 14.4 Å². The lowest BCUT2D eigenvalue weighted by Gasteiger charge is -2.34. The first-order chi connectivity index (χ1) is 11.6. The van der Waals surface area contributed by atoms with Gasteiger partial charge in [0.05, 0.1) is 5.92 Å². The van der Waals surface area contributed by atoms with Crippen LogP contribution in [0.1, 0.15) is 53.4 Å². The molecule has 2 atom stereocenters. The molecule has 25 heavy (non-hydrogen) atoms. The second-order valence-corrected chi connectivity index (χ2v) is 8.16. The molecule has 0 unspecified atom stereocenters. The van der Waals surface area contributed by atoms with Gasteiger partial charge in [0.2, 0.25) is 5.91 Å². The number of hydrogen-bond acceptors (Lipinski definition) is 4. The van der Waals surface area contributed by atoms with Gasteiger partial charge in [-0.1, -0.05) is 0 Å². The fraction of sp³-hybridized carbons (Fsp3) is 0.833. The van der Waals surface area contributed by atoms with Crippen LogP contribution in [0, 0.1) is 11.8 Å². The van der Waals surface area contributed by atoms with Crippen molar-refractivity contribution in [1.82, 2.24) is 9.80 Å². The Bertz CT molecular complexity index is 520. The number of carbonyl (C=O) groups excluding carboxylic acids is 2. The SMILES string of the molecule is CC(=O)N(CCC1CCN(C(=O)OC(C)(C)C)CC1)[C@@H]1C[C@H]1C(=O)O. The molecule has 1 aliphatic carbocycles. The number of ether oxygens (including phenoxy) is 1. The van der Waals surface area contributed by atoms with E-state index in [1.54, 1.807) is 9.80 Å². The van der Waals surface area contributed by atoms with Gasteiger partial charge < -0.3 is 19.6 Å². The molecule has 0 aromatic heterocycles. The van der Waals surface area contributed by atoms with E-state index >= 15 is 0 Å². The van der Waals surface area contributed by atoms with Crippen LogP contribution in [0.2, 0.25) is 0 Å². The molecule has 7 heteroatoms. The molecular weight excluding hydrogens is 324 g/mol. The minimum absolute atomic E-state index is 0.0556. The molecule has 1 saturated heterocycles. The van der Waals surface area contributed by atoms with Crippen molar-refractivity contribution < 1.29 is 24.2 Å². The van der Waals surface area contributed by atoms with Gasteiger partial charge >= 0.3 is 12.1 Å². The van der Waals surface area contributed by atoms with Crippen molar-refractivity contribution in [2.24, 2.45) is 11.8 Å². The van der Waals surface area contributed by atoms with Gasteiger partial charge in [0.15, 0.2) is 0 Å². The molecule has 0 spiro atoms. The summed E-state index contributed by atoms with van der Waals surface area (Å²) in [5.41, 5.74) is -0.485. The molecular formula is C18H30N2O5. The van der Waals surface area contributed by atoms with Crippen LogP contribution in [-0.4, -0.2) is 64.2 Å². The molecule has 2 fully saturated rings. The summed E-state index contributed by atoms with van der Waals surface area (Å²) in [6, 6.07) is -0.142. The molecule has 1 saturated carbocycles. The Morgan fingerprint density at radius 2 is 1.80 bits per heavy atom. The molecule has 1 heterocycles. The number of aliphatic carboxylic acids is 1. The Hall–Kier alpha value is -1.79. The Morgan fingerprint density at radius 1 is 1.20 bits per heavy atom. The summed E-state index contributed by atoms with van der Waals surface area (Å²) in [6.07, 6.45) is 2.92. The zero-order chi connectivity index (χ0) is 18.8. The highest BCUT2D eigenvalue weighted by Crippen LogP contribution is 2.36. The fourth-order valence-electron chi connectivity index (χ4n) is 3.40. The van der Waals surface area contributed by atoms with Gasteiger partial charge in [-0.3, -0.25) is 9.59 Å². The van der Waals surface area contributed by atoms with E-state index in [-0.39, 0.29) is 18.0 Å². The van der Waals surface area contributed by atoms with Gasteiger partial charge in [0, 0.05) is 32.6 Å². The van der Waals surface area contributed by atoms with E-state index < -0.39 is 17.5 Å². The summed E-state index contributed by atoms with van der Waals surface area (Å²) in [4.78, 5) is 38.3. The molecule has 2 aliphatic rings. The van der Waals surface area contributed by atoms with E-state index in [4.69, 9.17) is 9.84 Å². The monoisotopic (exact) mass is 354 g/mol. The third-order valence-electron chi connectivity index (χ3n) is 4.92. The smallest absolute Gasteiger partial charge is 0.410 e. The van der Waals surface area contributed by atoms with Gasteiger partial charge in [-0.15, -0.1) is 0 Å². The number of carboxylic acid groups (broad SMARTS) is 1. The maximum Gasteiger partial charge on any atom is 0.410 e. The van der Waals surface area contributed by atoms with Gasteiger partial charge in [-0.2, -0.15) is 0 Å². The van der Waals surface area contributed by atoms with Crippen LogP contribution < -0.4 is 0 Å². The van der Waals surface area contributed by atoms with E-state index in [1.165, 1.54) is 6.92 Å². The van der Waals surface area contributed by atoms with Crippen LogP contribution in [0.4, 0.5) is 4.79 Å². The minimum Gasteiger partial charge on any atom is -0.481 e. The lowest BCUT2D eigenvalue weighted by molar-refractivity contribution is -0.139. The van der Waals surface area contributed by atoms with E-state index in [2.05, 4.69) is 0 Å². The first-order valence-corrected chi connectivity index (χ1v) is 9.06. The highest BCUT2D eigenvalue weighted by atomic mass is 16.6. The standard InChI is InChI=1S/C18H30N2O5/c1-12(21)20(15-11-14(15)16(22)23)10-7-13-5-8-19(9-6-13)17(24)25-18(2,3)4/h13-15H,5-11H2,1-4H3,(H,22,23)/t14-,15-/m1/s1. The normalized spacial score (nSPS) is 23.9. The summed E-state index contributed by atoms with van der Waals surface area (Å²) in [6.45, 7) is 9.01. The van der Waals surface area contributed by atoms with Crippen LogP contribution in [-0.2, 0) is 14.3 Å². The number of hydrogen-bond donors (Lipinski definition) is 1. The molecule has 0 aromatic rings. The van der Waals surface area contributed by atoms with Crippen molar-refractivity contribution in [3.63, 3.8) is 0 Å². The number of rotatable bonds is 5. The summed E-state index contributed by atoms with van der Waals surface area (Å²) in [7, 11) is 0. The van der Waals surface area contributed by atoms with Crippen LogP contribution >= 0.6 is 0 Å². The second-order valence-electron chi connectivity index (χ2n) is 8.16. The number of nitrogens with zero attached hydrogens (tertiary/aromatic N) is 2. The highest BCUT2D eigenvalue weighted by Gasteiger charge is 2.48. The molecule has 0 aromatic carbocycles. The summed E-state index contributed by atoms with van der Waals surface area (Å²) < 4.78 is 5.39. The number of likely N-dealkylation sites (tertiary alicyclic amines) is 1. The van der Waals surface area contributed by atoms with Gasteiger partial charge in [0.1, 0.15) is 5.60 Å². The third kappa shape index (κ3) is 5.61. The van der Waals surface area contributed by atoms with E-state index in [0.29, 0.717) is 32.0 Å². The van der Waals surface area contributed by atoms with Gasteiger partial charge in [0.25, 0.3) is 0 Å². The molecule has 1 aliphatic heterocycles. The Labute approximate surface area is 149 Å². The summed E-state index contributed by atoms with van der Waals surface area (Å²) in [5, 5.41) is 9.05. The van der Waals surface area contributed by atoms with Gasteiger partial charge in [-0.05, 0) is 52.4 Å². The van der Waals surface area contributed by atoms with Crippen molar-refractivity contribution in [2.75, 3.05) is 19.6 Å². The molecule has 0 bridgehead atoms. The molecule has 1 N–H and O–H groups in total. The first-order valence-electron chi connectivity index (χ1n) is 9.06. The highest BCUT2D eigenvalue weighted by molar-refractivity contribution is 5.79. The zero-order valence-electron chi connectivity index (χ0n) is 15.7. The maximum atomic E-state index is 12.1. The fourth-order valence-corrected chi connectivity index (χ4v) is 3.40. The molecule has 0 radical (unpaired) electrons. The number of carboxylic acids is 1. The van der Waals surface area contributed by atoms with Gasteiger partial charge in [-0.25, -0.2) is 4.79 Å². The number of carbonyl (C=O) groups is 3. The first kappa shape index (κ1) is 19.5. The lowest BCUT2D eigenvalue weighted by Crippen LogP contribution is -2.42. The number of piperidine rings is 1. The predicted octanol–water partition coefficient (Wildman–Crippen LogP) is 2.35. The van der Waals surface area contributed by atoms with Crippen LogP contribution in [0.5, 0.6) is 0 Å². The van der Waals surface area contributed by atoms with Crippen molar-refractivity contribution in [2.45, 2.75) is 65.0 Å². The van der Waals surface area contributed by atoms with Crippen LogP contribution in [0.15, 0.2) is 0 Å². The van der Waals surface area contributed by atoms with Crippen molar-refractivity contribution in [1.29, 1.82) is 0 Å². The second kappa shape index (κ2) is 7.62. The molecule has 7 nitrogen and oxygen atoms in total. The zero-order valence-corrected chi connectivity index (χ0v) is 15.7. The van der Waals surface area contributed by atoms with Crippen molar-refractivity contribution in [3.05, 3.63) is 0 Å². The van der Waals surface area contributed by atoms with Crippen molar-refractivity contribution in [3.8, 4) is 0 Å². The topological polar surface area (TPSA) is 87.2 Å². The Balaban J connectivity index is 1.75. The predicted molar refractivity (Wildman–Crippen MR) is 92.1 cm³/mol. The molecule has 2 rings (SSSR count).